The van der Waals surface area contributed by atoms with Gasteiger partial charge in [-0.05, 0) is 32.8 Å². The first-order chi connectivity index (χ1) is 8.88. The summed E-state index contributed by atoms with van der Waals surface area (Å²) in [7, 11) is 0. The molecule has 1 saturated heterocycles. The number of hydrogen-bond acceptors (Lipinski definition) is 3. The maximum absolute atomic E-state index is 11.0. The maximum Gasteiger partial charge on any atom is 0.0970 e. The smallest absolute Gasteiger partial charge is 0.0970 e. The van der Waals surface area contributed by atoms with E-state index in [9.17, 15) is 10.2 Å². The maximum atomic E-state index is 11.0. The van der Waals surface area contributed by atoms with E-state index in [1.165, 1.54) is 0 Å². The molecule has 1 aliphatic heterocycles. The number of aliphatic hydroxyl groups is 2. The summed E-state index contributed by atoms with van der Waals surface area (Å²) in [6, 6.07) is 9.74. The highest BCUT2D eigenvalue weighted by Gasteiger charge is 2.44. The van der Waals surface area contributed by atoms with Gasteiger partial charge >= 0.3 is 0 Å². The molecule has 1 aromatic carbocycles. The first kappa shape index (κ1) is 14.5. The number of hydrogen-bond donors (Lipinski definition) is 2. The minimum Gasteiger partial charge on any atom is -0.396 e. The monoisotopic (exact) mass is 263 g/mol. The van der Waals surface area contributed by atoms with Gasteiger partial charge in [0.15, 0.2) is 0 Å². The van der Waals surface area contributed by atoms with Crippen LogP contribution < -0.4 is 0 Å². The van der Waals surface area contributed by atoms with Crippen molar-refractivity contribution in [3.8, 4) is 0 Å². The minimum atomic E-state index is -0.905. The van der Waals surface area contributed by atoms with Gasteiger partial charge < -0.3 is 10.2 Å². The van der Waals surface area contributed by atoms with Gasteiger partial charge in [0, 0.05) is 24.5 Å². The van der Waals surface area contributed by atoms with Crippen LogP contribution in [0.5, 0.6) is 0 Å². The van der Waals surface area contributed by atoms with E-state index in [2.05, 4.69) is 25.7 Å². The fourth-order valence-electron chi connectivity index (χ4n) is 2.94. The van der Waals surface area contributed by atoms with Crippen LogP contribution in [0.4, 0.5) is 0 Å². The average Bonchev–Trinajstić information content (AvgIpc) is 2.39. The first-order valence-corrected chi connectivity index (χ1v) is 7.02. The third kappa shape index (κ3) is 2.83. The quantitative estimate of drug-likeness (QED) is 0.857. The molecule has 1 aliphatic rings. The molecule has 2 atom stereocenters. The lowest BCUT2D eigenvalue weighted by atomic mass is 9.75. The van der Waals surface area contributed by atoms with Gasteiger partial charge in [-0.2, -0.15) is 0 Å². The normalized spacial score (nSPS) is 29.4. The van der Waals surface area contributed by atoms with E-state index in [0.717, 1.165) is 18.7 Å². The van der Waals surface area contributed by atoms with Crippen molar-refractivity contribution in [2.75, 3.05) is 19.7 Å². The molecule has 3 nitrogen and oxygen atoms in total. The van der Waals surface area contributed by atoms with E-state index in [-0.39, 0.29) is 18.1 Å². The Bertz CT molecular complexity index is 413. The van der Waals surface area contributed by atoms with Crippen LogP contribution in [0.25, 0.3) is 0 Å². The molecule has 0 amide bonds. The van der Waals surface area contributed by atoms with Gasteiger partial charge in [0.05, 0.1) is 12.2 Å². The van der Waals surface area contributed by atoms with E-state index in [1.807, 2.05) is 30.3 Å². The Balaban J connectivity index is 2.24. The predicted octanol–water partition coefficient (Wildman–Crippen LogP) is 1.99. The molecule has 2 rings (SSSR count). The number of benzene rings is 1. The lowest BCUT2D eigenvalue weighted by Gasteiger charge is -2.48. The van der Waals surface area contributed by atoms with Crippen molar-refractivity contribution in [1.82, 2.24) is 4.90 Å². The van der Waals surface area contributed by atoms with Gasteiger partial charge in [0.1, 0.15) is 0 Å². The molecule has 1 heterocycles. The van der Waals surface area contributed by atoms with Gasteiger partial charge in [-0.15, -0.1) is 0 Å². The standard InChI is InChI=1S/C16H25NO2/c1-15(2,3)17-10-9-16(19,14(11-17)12-18)13-7-5-4-6-8-13/h4-8,14,18-19H,9-12H2,1-3H3. The largest absolute Gasteiger partial charge is 0.396 e. The van der Waals surface area contributed by atoms with Crippen LogP contribution in [-0.2, 0) is 5.60 Å². The first-order valence-electron chi connectivity index (χ1n) is 7.02. The molecule has 2 N–H and O–H groups in total. The molecule has 0 spiro atoms. The Labute approximate surface area is 115 Å². The van der Waals surface area contributed by atoms with Crippen molar-refractivity contribution in [3.63, 3.8) is 0 Å². The lowest BCUT2D eigenvalue weighted by molar-refractivity contribution is -0.109. The van der Waals surface area contributed by atoms with Crippen LogP contribution in [-0.4, -0.2) is 40.3 Å². The Morgan fingerprint density at radius 1 is 1.26 bits per heavy atom. The van der Waals surface area contributed by atoms with Gasteiger partial charge in [0.2, 0.25) is 0 Å². The van der Waals surface area contributed by atoms with Crippen LogP contribution in [0.1, 0.15) is 32.8 Å². The summed E-state index contributed by atoms with van der Waals surface area (Å²) in [5.41, 5.74) is 0.0889. The summed E-state index contributed by atoms with van der Waals surface area (Å²) in [5.74, 6) is -0.136. The van der Waals surface area contributed by atoms with Crippen molar-refractivity contribution in [3.05, 3.63) is 35.9 Å². The molecule has 19 heavy (non-hydrogen) atoms. The van der Waals surface area contributed by atoms with E-state index in [4.69, 9.17) is 0 Å². The second-order valence-electron chi connectivity index (χ2n) is 6.54. The van der Waals surface area contributed by atoms with Crippen molar-refractivity contribution in [2.45, 2.75) is 38.3 Å². The molecule has 0 aliphatic carbocycles. The highest BCUT2D eigenvalue weighted by molar-refractivity contribution is 5.24. The van der Waals surface area contributed by atoms with Crippen molar-refractivity contribution in [1.29, 1.82) is 0 Å². The fraction of sp³-hybridized carbons (Fsp3) is 0.625. The van der Waals surface area contributed by atoms with Crippen LogP contribution in [0.15, 0.2) is 30.3 Å². The molecular formula is C16H25NO2. The topological polar surface area (TPSA) is 43.7 Å². The SMILES string of the molecule is CC(C)(C)N1CCC(O)(c2ccccc2)C(CO)C1. The summed E-state index contributed by atoms with van der Waals surface area (Å²) in [4.78, 5) is 2.34. The zero-order chi connectivity index (χ0) is 14.1. The van der Waals surface area contributed by atoms with Gasteiger partial charge in [0.25, 0.3) is 0 Å². The average molecular weight is 263 g/mol. The third-order valence-corrected chi connectivity index (χ3v) is 4.32. The molecule has 1 fully saturated rings. The van der Waals surface area contributed by atoms with Gasteiger partial charge in [-0.1, -0.05) is 30.3 Å². The molecule has 0 bridgehead atoms. The van der Waals surface area contributed by atoms with E-state index < -0.39 is 5.60 Å². The molecule has 1 aromatic rings. The Morgan fingerprint density at radius 3 is 2.42 bits per heavy atom. The summed E-state index contributed by atoms with van der Waals surface area (Å²) in [5, 5.41) is 20.7. The summed E-state index contributed by atoms with van der Waals surface area (Å²) < 4.78 is 0. The van der Waals surface area contributed by atoms with Crippen molar-refractivity contribution in [2.24, 2.45) is 5.92 Å². The summed E-state index contributed by atoms with van der Waals surface area (Å²) in [6.45, 7) is 8.12. The second-order valence-corrected chi connectivity index (χ2v) is 6.54. The number of aliphatic hydroxyl groups excluding tert-OH is 1. The third-order valence-electron chi connectivity index (χ3n) is 4.32. The van der Waals surface area contributed by atoms with E-state index in [0.29, 0.717) is 6.42 Å². The Kier molecular flexibility index (Phi) is 4.00. The molecule has 2 unspecified atom stereocenters. The molecular weight excluding hydrogens is 238 g/mol. The van der Waals surface area contributed by atoms with Crippen LogP contribution in [0.2, 0.25) is 0 Å². The molecule has 0 saturated carbocycles. The minimum absolute atomic E-state index is 0.0119. The highest BCUT2D eigenvalue weighted by atomic mass is 16.3. The van der Waals surface area contributed by atoms with Crippen LogP contribution >= 0.6 is 0 Å². The number of piperidine rings is 1. The van der Waals surface area contributed by atoms with E-state index >= 15 is 0 Å². The lowest BCUT2D eigenvalue weighted by Crippen LogP contribution is -2.56. The number of nitrogens with zero attached hydrogens (tertiary/aromatic N) is 1. The number of likely N-dealkylation sites (tertiary alicyclic amines) is 1. The molecule has 106 valence electrons. The van der Waals surface area contributed by atoms with Crippen molar-refractivity contribution >= 4 is 0 Å². The van der Waals surface area contributed by atoms with Gasteiger partial charge in [-0.3, -0.25) is 4.90 Å². The second kappa shape index (κ2) is 5.23. The zero-order valence-electron chi connectivity index (χ0n) is 12.1. The fourth-order valence-corrected chi connectivity index (χ4v) is 2.94. The summed E-state index contributed by atoms with van der Waals surface area (Å²) in [6.07, 6.45) is 0.666. The Morgan fingerprint density at radius 2 is 1.89 bits per heavy atom. The van der Waals surface area contributed by atoms with E-state index in [1.54, 1.807) is 0 Å². The zero-order valence-corrected chi connectivity index (χ0v) is 12.1. The summed E-state index contributed by atoms with van der Waals surface area (Å²) >= 11 is 0. The number of rotatable bonds is 2. The van der Waals surface area contributed by atoms with Crippen LogP contribution in [0.3, 0.4) is 0 Å². The Hall–Kier alpha value is -0.900. The van der Waals surface area contributed by atoms with Gasteiger partial charge in [-0.25, -0.2) is 0 Å². The predicted molar refractivity (Wildman–Crippen MR) is 76.9 cm³/mol. The molecule has 0 aromatic heterocycles. The highest BCUT2D eigenvalue weighted by Crippen LogP contribution is 2.38. The molecule has 0 radical (unpaired) electrons. The molecule has 3 heteroatoms. The van der Waals surface area contributed by atoms with Crippen molar-refractivity contribution < 1.29 is 10.2 Å². The van der Waals surface area contributed by atoms with Crippen LogP contribution in [0, 0.1) is 5.92 Å².